The number of sulfonamides is 1. The van der Waals surface area contributed by atoms with Crippen molar-refractivity contribution in [1.29, 1.82) is 0 Å². The van der Waals surface area contributed by atoms with Gasteiger partial charge in [0, 0.05) is 17.8 Å². The summed E-state index contributed by atoms with van der Waals surface area (Å²) in [6, 6.07) is 12.2. The van der Waals surface area contributed by atoms with Gasteiger partial charge in [-0.3, -0.25) is 13.8 Å². The second-order valence-corrected chi connectivity index (χ2v) is 9.64. The lowest BCUT2D eigenvalue weighted by Crippen LogP contribution is -2.38. The van der Waals surface area contributed by atoms with Crippen molar-refractivity contribution in [2.75, 3.05) is 16.2 Å². The van der Waals surface area contributed by atoms with Crippen LogP contribution in [0.3, 0.4) is 0 Å². The zero-order chi connectivity index (χ0) is 22.9. The molecule has 31 heavy (non-hydrogen) atoms. The molecule has 0 radical (unpaired) electrons. The number of aromatic nitrogens is 2. The van der Waals surface area contributed by atoms with Gasteiger partial charge in [0.05, 0.1) is 17.1 Å². The highest BCUT2D eigenvalue weighted by atomic mass is 35.5. The molecule has 0 aliphatic carbocycles. The van der Waals surface area contributed by atoms with Gasteiger partial charge in [-0.25, -0.2) is 8.42 Å². The Labute approximate surface area is 187 Å². The van der Waals surface area contributed by atoms with E-state index in [-0.39, 0.29) is 4.90 Å². The molecule has 1 aromatic heterocycles. The Kier molecular flexibility index (Phi) is 6.43. The van der Waals surface area contributed by atoms with Gasteiger partial charge in [-0.2, -0.15) is 5.10 Å². The maximum absolute atomic E-state index is 13.7. The summed E-state index contributed by atoms with van der Waals surface area (Å²) in [6.45, 7) is 6.63. The van der Waals surface area contributed by atoms with Crippen LogP contribution in [0.25, 0.3) is 0 Å². The van der Waals surface area contributed by atoms with Crippen molar-refractivity contribution >= 4 is 38.9 Å². The summed E-state index contributed by atoms with van der Waals surface area (Å²) < 4.78 is 29.9. The second-order valence-electron chi connectivity index (χ2n) is 7.43. The Balaban J connectivity index is 2.02. The fourth-order valence-corrected chi connectivity index (χ4v) is 5.33. The fourth-order valence-electron chi connectivity index (χ4n) is 3.33. The molecule has 2 aromatic carbocycles. The monoisotopic (exact) mass is 460 g/mol. The van der Waals surface area contributed by atoms with Crippen molar-refractivity contribution in [3.63, 3.8) is 0 Å². The van der Waals surface area contributed by atoms with E-state index in [0.29, 0.717) is 33.3 Å². The largest absolute Gasteiger partial charge is 0.324 e. The van der Waals surface area contributed by atoms with Crippen LogP contribution in [0, 0.1) is 27.7 Å². The van der Waals surface area contributed by atoms with Gasteiger partial charge in [-0.15, -0.1) is 0 Å². The first-order chi connectivity index (χ1) is 14.5. The molecule has 1 amide bonds. The SMILES string of the molecule is Cc1ccc(N(CC(=O)Nc2cccc(Cl)c2C)S(=O)(=O)c2c(C)nn(C)c2C)cc1. The Morgan fingerprint density at radius 2 is 1.74 bits per heavy atom. The molecule has 164 valence electrons. The van der Waals surface area contributed by atoms with Crippen molar-refractivity contribution in [2.45, 2.75) is 32.6 Å². The van der Waals surface area contributed by atoms with Gasteiger partial charge in [-0.05, 0) is 57.5 Å². The molecule has 0 bridgehead atoms. The highest BCUT2D eigenvalue weighted by Gasteiger charge is 2.32. The lowest BCUT2D eigenvalue weighted by Gasteiger charge is -2.24. The molecular formula is C22H25ClN4O3S. The van der Waals surface area contributed by atoms with E-state index in [1.165, 1.54) is 4.68 Å². The molecule has 0 aliphatic heterocycles. The molecule has 0 spiro atoms. The van der Waals surface area contributed by atoms with Crippen molar-refractivity contribution in [2.24, 2.45) is 7.05 Å². The number of anilines is 2. The second kappa shape index (κ2) is 8.72. The predicted octanol–water partition coefficient (Wildman–Crippen LogP) is 4.14. The Morgan fingerprint density at radius 3 is 2.32 bits per heavy atom. The number of halogens is 1. The zero-order valence-electron chi connectivity index (χ0n) is 18.1. The van der Waals surface area contributed by atoms with Crippen molar-refractivity contribution in [3.05, 3.63) is 70.0 Å². The summed E-state index contributed by atoms with van der Waals surface area (Å²) in [5.41, 5.74) is 3.50. The van der Waals surface area contributed by atoms with Crippen molar-refractivity contribution < 1.29 is 13.2 Å². The molecule has 0 saturated carbocycles. The van der Waals surface area contributed by atoms with E-state index in [4.69, 9.17) is 11.6 Å². The van der Waals surface area contributed by atoms with E-state index >= 15 is 0 Å². The average Bonchev–Trinajstić information content (AvgIpc) is 2.96. The van der Waals surface area contributed by atoms with Crippen molar-refractivity contribution in [1.82, 2.24) is 9.78 Å². The third-order valence-electron chi connectivity index (χ3n) is 5.14. The van der Waals surface area contributed by atoms with Gasteiger partial charge in [0.2, 0.25) is 5.91 Å². The van der Waals surface area contributed by atoms with Crippen LogP contribution in [-0.4, -0.2) is 30.7 Å². The maximum Gasteiger partial charge on any atom is 0.268 e. The maximum atomic E-state index is 13.7. The van der Waals surface area contributed by atoms with Crippen LogP contribution in [0.4, 0.5) is 11.4 Å². The van der Waals surface area contributed by atoms with Crippen LogP contribution >= 0.6 is 11.6 Å². The first-order valence-electron chi connectivity index (χ1n) is 9.67. The van der Waals surface area contributed by atoms with Crippen LogP contribution in [-0.2, 0) is 21.9 Å². The molecular weight excluding hydrogens is 436 g/mol. The number of nitrogens with zero attached hydrogens (tertiary/aromatic N) is 3. The summed E-state index contributed by atoms with van der Waals surface area (Å²) in [5, 5.41) is 7.52. The number of rotatable bonds is 6. The minimum Gasteiger partial charge on any atom is -0.324 e. The molecule has 7 nitrogen and oxygen atoms in total. The summed E-state index contributed by atoms with van der Waals surface area (Å²) in [6.07, 6.45) is 0. The van der Waals surface area contributed by atoms with E-state index in [0.717, 1.165) is 9.87 Å². The Bertz CT molecular complexity index is 1230. The number of aryl methyl sites for hydroxylation is 3. The van der Waals surface area contributed by atoms with Crippen LogP contribution in [0.5, 0.6) is 0 Å². The topological polar surface area (TPSA) is 84.3 Å². The number of hydrogen-bond acceptors (Lipinski definition) is 4. The molecule has 9 heteroatoms. The van der Waals surface area contributed by atoms with Crippen LogP contribution < -0.4 is 9.62 Å². The summed E-state index contributed by atoms with van der Waals surface area (Å²) in [4.78, 5) is 13.0. The first kappa shape index (κ1) is 22.8. The molecule has 0 saturated heterocycles. The van der Waals surface area contributed by atoms with E-state index < -0.39 is 22.5 Å². The van der Waals surface area contributed by atoms with E-state index in [1.807, 2.05) is 6.92 Å². The molecule has 1 heterocycles. The number of carbonyl (C=O) groups is 1. The molecule has 3 aromatic rings. The highest BCUT2D eigenvalue weighted by Crippen LogP contribution is 2.28. The number of carbonyl (C=O) groups excluding carboxylic acids is 1. The van der Waals surface area contributed by atoms with Gasteiger partial charge in [0.15, 0.2) is 0 Å². The molecule has 0 aliphatic rings. The fraction of sp³-hybridized carbons (Fsp3) is 0.273. The first-order valence-corrected chi connectivity index (χ1v) is 11.5. The van der Waals surface area contributed by atoms with Crippen molar-refractivity contribution in [3.8, 4) is 0 Å². The quantitative estimate of drug-likeness (QED) is 0.599. The smallest absolute Gasteiger partial charge is 0.268 e. The summed E-state index contributed by atoms with van der Waals surface area (Å²) >= 11 is 6.14. The zero-order valence-corrected chi connectivity index (χ0v) is 19.7. The predicted molar refractivity (Wildman–Crippen MR) is 123 cm³/mol. The molecule has 0 atom stereocenters. The number of benzene rings is 2. The minimum absolute atomic E-state index is 0.0994. The molecule has 1 N–H and O–H groups in total. The van der Waals surface area contributed by atoms with Gasteiger partial charge in [-0.1, -0.05) is 35.4 Å². The van der Waals surface area contributed by atoms with Crippen LogP contribution in [0.1, 0.15) is 22.5 Å². The number of amides is 1. The van der Waals surface area contributed by atoms with Gasteiger partial charge in [0.1, 0.15) is 11.4 Å². The third kappa shape index (κ3) is 4.60. The van der Waals surface area contributed by atoms with E-state index in [2.05, 4.69) is 10.4 Å². The van der Waals surface area contributed by atoms with Gasteiger partial charge >= 0.3 is 0 Å². The number of hydrogen-bond donors (Lipinski definition) is 1. The average molecular weight is 461 g/mol. The lowest BCUT2D eigenvalue weighted by atomic mass is 10.2. The normalized spacial score (nSPS) is 11.4. The van der Waals surface area contributed by atoms with Gasteiger partial charge < -0.3 is 5.32 Å². The number of nitrogens with one attached hydrogen (secondary N) is 1. The van der Waals surface area contributed by atoms with E-state index in [1.54, 1.807) is 70.3 Å². The third-order valence-corrected chi connectivity index (χ3v) is 7.58. The molecule has 0 unspecified atom stereocenters. The molecule has 0 fully saturated rings. The van der Waals surface area contributed by atoms with Gasteiger partial charge in [0.25, 0.3) is 10.0 Å². The Hall–Kier alpha value is -2.84. The lowest BCUT2D eigenvalue weighted by molar-refractivity contribution is -0.114. The minimum atomic E-state index is -4.05. The van der Waals surface area contributed by atoms with Crippen LogP contribution in [0.2, 0.25) is 5.02 Å². The highest BCUT2D eigenvalue weighted by molar-refractivity contribution is 7.93. The van der Waals surface area contributed by atoms with Crippen LogP contribution in [0.15, 0.2) is 47.4 Å². The standard InChI is InChI=1S/C22H25ClN4O3S/c1-14-9-11-18(12-10-14)27(31(29,30)22-16(3)25-26(5)17(22)4)13-21(28)24-20-8-6-7-19(23)15(20)2/h6-12H,13H2,1-5H3,(H,24,28). The summed E-state index contributed by atoms with van der Waals surface area (Å²) in [7, 11) is -2.36. The Morgan fingerprint density at radius 1 is 1.10 bits per heavy atom. The molecule has 3 rings (SSSR count). The van der Waals surface area contributed by atoms with E-state index in [9.17, 15) is 13.2 Å². The summed E-state index contributed by atoms with van der Waals surface area (Å²) in [5.74, 6) is -0.478.